The Labute approximate surface area is 182 Å². The second-order valence-electron chi connectivity index (χ2n) is 8.20. The van der Waals surface area contributed by atoms with Gasteiger partial charge in [0.1, 0.15) is 5.25 Å². The molecule has 6 heteroatoms. The first-order valence-electron chi connectivity index (χ1n) is 10.4. The molecule has 156 valence electrons. The van der Waals surface area contributed by atoms with Gasteiger partial charge in [-0.2, -0.15) is 0 Å². The summed E-state index contributed by atoms with van der Waals surface area (Å²) in [6.07, 6.45) is 2.14. The van der Waals surface area contributed by atoms with E-state index in [1.54, 1.807) is 0 Å². The molecule has 2 aromatic carbocycles. The Balaban J connectivity index is 1.54. The molecule has 1 aliphatic carbocycles. The maximum Gasteiger partial charge on any atom is 0.242 e. The highest BCUT2D eigenvalue weighted by atomic mass is 32.2. The summed E-state index contributed by atoms with van der Waals surface area (Å²) in [4.78, 5) is 32.6. The van der Waals surface area contributed by atoms with Gasteiger partial charge in [0.2, 0.25) is 11.8 Å². The van der Waals surface area contributed by atoms with Crippen molar-refractivity contribution in [2.75, 3.05) is 5.32 Å². The number of thioether (sulfide) groups is 1. The molecule has 0 unspecified atom stereocenters. The molecule has 1 saturated carbocycles. The number of anilines is 1. The molecular formula is C24H27N3O2S. The van der Waals surface area contributed by atoms with Gasteiger partial charge in [0.15, 0.2) is 5.17 Å². The molecule has 2 amide bonds. The lowest BCUT2D eigenvalue weighted by Crippen LogP contribution is -2.35. The highest BCUT2D eigenvalue weighted by molar-refractivity contribution is 8.15. The number of carbonyl (C=O) groups excluding carboxylic acids is 2. The molecule has 1 N–H and O–H groups in total. The fourth-order valence-corrected chi connectivity index (χ4v) is 5.01. The van der Waals surface area contributed by atoms with Gasteiger partial charge >= 0.3 is 0 Å². The number of para-hydroxylation sites is 2. The van der Waals surface area contributed by atoms with E-state index >= 15 is 0 Å². The zero-order chi connectivity index (χ0) is 21.4. The molecule has 1 atom stereocenters. The number of hydrogen-bond acceptors (Lipinski definition) is 4. The van der Waals surface area contributed by atoms with Crippen molar-refractivity contribution in [3.63, 3.8) is 0 Å². The van der Waals surface area contributed by atoms with Crippen LogP contribution in [0.2, 0.25) is 0 Å². The molecule has 2 fully saturated rings. The average molecular weight is 422 g/mol. The zero-order valence-electron chi connectivity index (χ0n) is 17.9. The van der Waals surface area contributed by atoms with Crippen molar-refractivity contribution in [3.8, 4) is 0 Å². The molecule has 30 heavy (non-hydrogen) atoms. The number of aryl methyl sites for hydroxylation is 4. The number of amides is 2. The quantitative estimate of drug-likeness (QED) is 0.735. The first kappa shape index (κ1) is 20.7. The number of hydrogen-bond donors (Lipinski definition) is 1. The van der Waals surface area contributed by atoms with E-state index in [1.807, 2.05) is 69.0 Å². The van der Waals surface area contributed by atoms with Gasteiger partial charge in [-0.1, -0.05) is 48.2 Å². The third-order valence-electron chi connectivity index (χ3n) is 5.64. The average Bonchev–Trinajstić information content (AvgIpc) is 3.47. The monoisotopic (exact) mass is 421 g/mol. The second kappa shape index (κ2) is 8.26. The standard InChI is InChI=1S/C24H27N3O2S/c1-14-7-5-8-15(2)21(14)25-20(28)13-19-23(29)27(18-11-12-18)24(30-19)26-22-16(3)9-6-10-17(22)4/h5-10,18-19H,11-13H2,1-4H3,(H,25,28)/t19-/m0/s1. The third-order valence-corrected chi connectivity index (χ3v) is 6.79. The minimum Gasteiger partial charge on any atom is -0.326 e. The molecule has 0 aromatic heterocycles. The normalized spacial score (nSPS) is 20.1. The van der Waals surface area contributed by atoms with Crippen molar-refractivity contribution in [3.05, 3.63) is 58.7 Å². The van der Waals surface area contributed by atoms with Crippen molar-refractivity contribution in [2.45, 2.75) is 58.2 Å². The van der Waals surface area contributed by atoms with E-state index in [-0.39, 0.29) is 24.3 Å². The van der Waals surface area contributed by atoms with Gasteiger partial charge in [-0.25, -0.2) is 4.99 Å². The van der Waals surface area contributed by atoms with Crippen molar-refractivity contribution >= 4 is 40.1 Å². The lowest BCUT2D eigenvalue weighted by atomic mass is 10.1. The maximum absolute atomic E-state index is 13.1. The summed E-state index contributed by atoms with van der Waals surface area (Å²) >= 11 is 1.42. The molecule has 0 bridgehead atoms. The summed E-state index contributed by atoms with van der Waals surface area (Å²) in [5, 5.41) is 3.30. The number of amidine groups is 1. The molecule has 2 aliphatic rings. The molecule has 1 aliphatic heterocycles. The van der Waals surface area contributed by atoms with E-state index < -0.39 is 5.25 Å². The van der Waals surface area contributed by atoms with E-state index in [1.165, 1.54) is 11.8 Å². The van der Waals surface area contributed by atoms with Crippen molar-refractivity contribution < 1.29 is 9.59 Å². The molecule has 1 heterocycles. The van der Waals surface area contributed by atoms with Crippen LogP contribution in [0.25, 0.3) is 0 Å². The number of nitrogens with one attached hydrogen (secondary N) is 1. The fraction of sp³-hybridized carbons (Fsp3) is 0.375. The van der Waals surface area contributed by atoms with E-state index in [0.717, 1.165) is 51.6 Å². The molecular weight excluding hydrogens is 394 g/mol. The summed E-state index contributed by atoms with van der Waals surface area (Å²) < 4.78 is 0. The van der Waals surface area contributed by atoms with Crippen LogP contribution in [0, 0.1) is 27.7 Å². The Morgan fingerprint density at radius 2 is 1.60 bits per heavy atom. The lowest BCUT2D eigenvalue weighted by molar-refractivity contribution is -0.128. The van der Waals surface area contributed by atoms with Crippen LogP contribution in [0.15, 0.2) is 41.4 Å². The first-order valence-corrected chi connectivity index (χ1v) is 11.2. The predicted molar refractivity (Wildman–Crippen MR) is 123 cm³/mol. The van der Waals surface area contributed by atoms with E-state index in [9.17, 15) is 9.59 Å². The van der Waals surface area contributed by atoms with E-state index in [0.29, 0.717) is 0 Å². The number of carbonyl (C=O) groups is 2. The smallest absolute Gasteiger partial charge is 0.242 e. The lowest BCUT2D eigenvalue weighted by Gasteiger charge is -2.16. The third kappa shape index (κ3) is 4.15. The largest absolute Gasteiger partial charge is 0.326 e. The molecule has 2 aromatic rings. The summed E-state index contributed by atoms with van der Waals surface area (Å²) in [6, 6.07) is 12.2. The van der Waals surface area contributed by atoms with Crippen LogP contribution in [0.4, 0.5) is 11.4 Å². The van der Waals surface area contributed by atoms with Crippen LogP contribution in [0.1, 0.15) is 41.5 Å². The number of aliphatic imine (C=N–C) groups is 1. The number of nitrogens with zero attached hydrogens (tertiary/aromatic N) is 2. The summed E-state index contributed by atoms with van der Waals surface area (Å²) in [6.45, 7) is 8.01. The van der Waals surface area contributed by atoms with Crippen molar-refractivity contribution in [2.24, 2.45) is 4.99 Å². The minimum atomic E-state index is -0.432. The highest BCUT2D eigenvalue weighted by Gasteiger charge is 2.46. The zero-order valence-corrected chi connectivity index (χ0v) is 18.7. The van der Waals surface area contributed by atoms with Gasteiger partial charge in [0.25, 0.3) is 0 Å². The molecule has 1 saturated heterocycles. The van der Waals surface area contributed by atoms with Crippen LogP contribution in [0.3, 0.4) is 0 Å². The van der Waals surface area contributed by atoms with Crippen LogP contribution < -0.4 is 5.32 Å². The van der Waals surface area contributed by atoms with Crippen LogP contribution in [-0.2, 0) is 9.59 Å². The molecule has 5 nitrogen and oxygen atoms in total. The van der Waals surface area contributed by atoms with Gasteiger partial charge < -0.3 is 5.32 Å². The first-order chi connectivity index (χ1) is 14.3. The Morgan fingerprint density at radius 3 is 2.17 bits per heavy atom. The van der Waals surface area contributed by atoms with Gasteiger partial charge in [-0.15, -0.1) is 0 Å². The van der Waals surface area contributed by atoms with E-state index in [4.69, 9.17) is 4.99 Å². The summed E-state index contributed by atoms with van der Waals surface area (Å²) in [5.74, 6) is -0.133. The van der Waals surface area contributed by atoms with Gasteiger partial charge in [0.05, 0.1) is 5.69 Å². The maximum atomic E-state index is 13.1. The fourth-order valence-electron chi connectivity index (χ4n) is 3.81. The SMILES string of the molecule is Cc1cccc(C)c1N=C1S[C@@H](CC(=O)Nc2c(C)cccc2C)C(=O)N1C1CC1. The predicted octanol–water partition coefficient (Wildman–Crippen LogP) is 5.04. The Bertz CT molecular complexity index is 1000. The molecule has 0 radical (unpaired) electrons. The van der Waals surface area contributed by atoms with Crippen molar-refractivity contribution in [1.29, 1.82) is 0 Å². The van der Waals surface area contributed by atoms with Gasteiger partial charge in [0, 0.05) is 18.2 Å². The Kier molecular flexibility index (Phi) is 5.69. The minimum absolute atomic E-state index is 0.00384. The number of benzene rings is 2. The summed E-state index contributed by atoms with van der Waals surface area (Å²) in [5.41, 5.74) is 5.96. The van der Waals surface area contributed by atoms with Gasteiger partial charge in [-0.3, -0.25) is 14.5 Å². The Hall–Kier alpha value is -2.60. The van der Waals surface area contributed by atoms with Crippen molar-refractivity contribution in [1.82, 2.24) is 4.90 Å². The van der Waals surface area contributed by atoms with Crippen LogP contribution in [0.5, 0.6) is 0 Å². The van der Waals surface area contributed by atoms with Crippen LogP contribution in [-0.4, -0.2) is 33.2 Å². The van der Waals surface area contributed by atoms with Crippen LogP contribution >= 0.6 is 11.8 Å². The van der Waals surface area contributed by atoms with Gasteiger partial charge in [-0.05, 0) is 62.8 Å². The molecule has 4 rings (SSSR count). The Morgan fingerprint density at radius 1 is 1.03 bits per heavy atom. The van der Waals surface area contributed by atoms with E-state index in [2.05, 4.69) is 5.32 Å². The topological polar surface area (TPSA) is 61.8 Å². The molecule has 0 spiro atoms. The highest BCUT2D eigenvalue weighted by Crippen LogP contribution is 2.40. The summed E-state index contributed by atoms with van der Waals surface area (Å²) in [7, 11) is 0. The second-order valence-corrected chi connectivity index (χ2v) is 9.37. The number of rotatable bonds is 5.